The first kappa shape index (κ1) is 22.2. The van der Waals surface area contributed by atoms with E-state index >= 15 is 0 Å². The minimum Gasteiger partial charge on any atom is -0.492 e. The molecule has 9 heteroatoms. The van der Waals surface area contributed by atoms with Crippen LogP contribution in [0.3, 0.4) is 0 Å². The van der Waals surface area contributed by atoms with Crippen molar-refractivity contribution in [1.82, 2.24) is 0 Å². The first-order chi connectivity index (χ1) is 17.5. The molecule has 0 saturated heterocycles. The largest absolute Gasteiger partial charge is 0.492 e. The van der Waals surface area contributed by atoms with Gasteiger partial charge in [-0.05, 0) is 60.5 Å². The maximum absolute atomic E-state index is 14.9. The summed E-state index contributed by atoms with van der Waals surface area (Å²) in [7, 11) is 0. The van der Waals surface area contributed by atoms with Gasteiger partial charge in [-0.1, -0.05) is 6.07 Å². The maximum Gasteiger partial charge on any atom is 0.304 e. The number of nitrogens with zero attached hydrogens (tertiary/aromatic N) is 3. The fourth-order valence-electron chi connectivity index (χ4n) is 4.94. The van der Waals surface area contributed by atoms with E-state index < -0.39 is 12.1 Å². The number of hydrogen-bond donors (Lipinski definition) is 1. The fraction of sp³-hybridized carbons (Fsp3) is 0.259. The standard InChI is InChI=1S/C27H22FN3O5/c28-21-8-10-23(35-17-3-1-15(2-4-17)22-13-29-31-30-22)20-7-9-24(27(20)21)36-18-5-6-19-16(11-26(32)33)14-34-25(19)12-18/h1-6,8,10,12,16,24H,7,9,11,13-14H2,(H,32,33)/t16-,24-/m1/s1. The number of hydrogen-bond acceptors (Lipinski definition) is 7. The van der Waals surface area contributed by atoms with Gasteiger partial charge in [0, 0.05) is 34.2 Å². The second-order valence-electron chi connectivity index (χ2n) is 8.95. The van der Waals surface area contributed by atoms with Gasteiger partial charge in [0.2, 0.25) is 0 Å². The Morgan fingerprint density at radius 3 is 2.72 bits per heavy atom. The lowest BCUT2D eigenvalue weighted by Crippen LogP contribution is -2.07. The van der Waals surface area contributed by atoms with Crippen LogP contribution in [0.15, 0.2) is 70.0 Å². The molecule has 182 valence electrons. The zero-order valence-electron chi connectivity index (χ0n) is 19.2. The lowest BCUT2D eigenvalue weighted by Gasteiger charge is -2.17. The second-order valence-corrected chi connectivity index (χ2v) is 8.95. The van der Waals surface area contributed by atoms with Gasteiger partial charge < -0.3 is 19.3 Å². The summed E-state index contributed by atoms with van der Waals surface area (Å²) in [5, 5.41) is 20.6. The third kappa shape index (κ3) is 4.17. The molecule has 0 bridgehead atoms. The molecule has 6 rings (SSSR count). The quantitative estimate of drug-likeness (QED) is 0.453. The number of halogens is 1. The highest BCUT2D eigenvalue weighted by molar-refractivity contribution is 6.02. The third-order valence-electron chi connectivity index (χ3n) is 6.67. The first-order valence-corrected chi connectivity index (χ1v) is 11.7. The molecule has 0 unspecified atom stereocenters. The van der Waals surface area contributed by atoms with Crippen molar-refractivity contribution in [2.75, 3.05) is 13.2 Å². The average Bonchev–Trinajstić information content (AvgIpc) is 3.63. The van der Waals surface area contributed by atoms with E-state index in [0.29, 0.717) is 54.6 Å². The number of rotatable bonds is 7. The summed E-state index contributed by atoms with van der Waals surface area (Å²) in [6, 6.07) is 15.9. The minimum absolute atomic E-state index is 0.0142. The van der Waals surface area contributed by atoms with Gasteiger partial charge in [-0.2, -0.15) is 5.11 Å². The fourth-order valence-corrected chi connectivity index (χ4v) is 4.94. The highest BCUT2D eigenvalue weighted by Crippen LogP contribution is 2.44. The Bertz CT molecular complexity index is 1400. The Morgan fingerprint density at radius 2 is 1.94 bits per heavy atom. The van der Waals surface area contributed by atoms with Gasteiger partial charge in [0.1, 0.15) is 41.5 Å². The Kier molecular flexibility index (Phi) is 5.59. The molecule has 0 aromatic heterocycles. The van der Waals surface area contributed by atoms with E-state index in [1.807, 2.05) is 30.3 Å². The van der Waals surface area contributed by atoms with Crippen LogP contribution in [0.2, 0.25) is 0 Å². The van der Waals surface area contributed by atoms with Gasteiger partial charge >= 0.3 is 5.97 Å². The van der Waals surface area contributed by atoms with E-state index in [0.717, 1.165) is 22.4 Å². The van der Waals surface area contributed by atoms with Gasteiger partial charge in [-0.3, -0.25) is 4.79 Å². The summed E-state index contributed by atoms with van der Waals surface area (Å²) >= 11 is 0. The molecule has 2 aliphatic heterocycles. The van der Waals surface area contributed by atoms with Crippen molar-refractivity contribution in [3.05, 3.63) is 82.7 Å². The summed E-state index contributed by atoms with van der Waals surface area (Å²) in [5.41, 5.74) is 3.88. The van der Waals surface area contributed by atoms with Gasteiger partial charge in [0.05, 0.1) is 18.7 Å². The van der Waals surface area contributed by atoms with Gasteiger partial charge in [-0.25, -0.2) is 4.39 Å². The van der Waals surface area contributed by atoms with Crippen LogP contribution >= 0.6 is 0 Å². The van der Waals surface area contributed by atoms with Crippen LogP contribution in [0.1, 0.15) is 47.1 Å². The molecule has 0 saturated carbocycles. The number of benzene rings is 3. The Morgan fingerprint density at radius 1 is 1.11 bits per heavy atom. The van der Waals surface area contributed by atoms with E-state index in [2.05, 4.69) is 15.4 Å². The normalized spacial score (nSPS) is 19.4. The lowest BCUT2D eigenvalue weighted by atomic mass is 9.98. The molecule has 2 heterocycles. The summed E-state index contributed by atoms with van der Waals surface area (Å²) < 4.78 is 32.9. The molecule has 0 amide bonds. The van der Waals surface area contributed by atoms with E-state index in [4.69, 9.17) is 19.3 Å². The van der Waals surface area contributed by atoms with Crippen molar-refractivity contribution in [1.29, 1.82) is 0 Å². The topological polar surface area (TPSA) is 102 Å². The molecule has 1 aliphatic carbocycles. The first-order valence-electron chi connectivity index (χ1n) is 11.7. The van der Waals surface area contributed by atoms with Gasteiger partial charge in [-0.15, -0.1) is 5.10 Å². The smallest absolute Gasteiger partial charge is 0.304 e. The van der Waals surface area contributed by atoms with Crippen LogP contribution in [-0.2, 0) is 11.2 Å². The summed E-state index contributed by atoms with van der Waals surface area (Å²) in [4.78, 5) is 11.1. The third-order valence-corrected chi connectivity index (χ3v) is 6.67. The van der Waals surface area contributed by atoms with Crippen LogP contribution in [0.5, 0.6) is 23.0 Å². The minimum atomic E-state index is -0.862. The van der Waals surface area contributed by atoms with Gasteiger partial charge in [0.15, 0.2) is 0 Å². The number of carboxylic acids is 1. The predicted octanol–water partition coefficient (Wildman–Crippen LogP) is 5.80. The molecule has 8 nitrogen and oxygen atoms in total. The van der Waals surface area contributed by atoms with Crippen molar-refractivity contribution >= 4 is 11.7 Å². The lowest BCUT2D eigenvalue weighted by molar-refractivity contribution is -0.137. The Hall–Kier alpha value is -4.27. The summed E-state index contributed by atoms with van der Waals surface area (Å²) in [5.74, 6) is 1.03. The number of carbonyl (C=O) groups is 1. The highest BCUT2D eigenvalue weighted by Gasteiger charge is 2.32. The number of aliphatic carboxylic acids is 1. The molecule has 3 aromatic carbocycles. The summed E-state index contributed by atoms with van der Waals surface area (Å²) in [6.45, 7) is 0.790. The number of carboxylic acid groups (broad SMARTS) is 1. The molecule has 3 aromatic rings. The van der Waals surface area contributed by atoms with Crippen molar-refractivity contribution in [2.24, 2.45) is 15.4 Å². The molecule has 0 radical (unpaired) electrons. The van der Waals surface area contributed by atoms with Crippen molar-refractivity contribution < 1.29 is 28.5 Å². The second kappa shape index (κ2) is 9.07. The predicted molar refractivity (Wildman–Crippen MR) is 128 cm³/mol. The van der Waals surface area contributed by atoms with E-state index in [1.165, 1.54) is 6.07 Å². The molecular weight excluding hydrogens is 465 g/mol. The maximum atomic E-state index is 14.9. The van der Waals surface area contributed by atoms with E-state index in [-0.39, 0.29) is 18.2 Å². The number of ether oxygens (including phenoxy) is 3. The van der Waals surface area contributed by atoms with Crippen molar-refractivity contribution in [3.8, 4) is 23.0 Å². The molecule has 0 spiro atoms. The van der Waals surface area contributed by atoms with Crippen LogP contribution in [0, 0.1) is 5.82 Å². The molecule has 36 heavy (non-hydrogen) atoms. The molecule has 2 atom stereocenters. The monoisotopic (exact) mass is 487 g/mol. The van der Waals surface area contributed by atoms with E-state index in [9.17, 15) is 9.18 Å². The Labute approximate surface area is 206 Å². The highest BCUT2D eigenvalue weighted by atomic mass is 19.1. The number of fused-ring (bicyclic) bond motifs is 2. The van der Waals surface area contributed by atoms with Crippen LogP contribution < -0.4 is 14.2 Å². The van der Waals surface area contributed by atoms with Crippen molar-refractivity contribution in [3.63, 3.8) is 0 Å². The SMILES string of the molecule is O=C(O)C[C@@H]1COc2cc(O[C@@H]3CCc4c(Oc5ccc(C6=NN=NC6)cc5)ccc(F)c43)ccc21. The Balaban J connectivity index is 1.20. The van der Waals surface area contributed by atoms with Crippen molar-refractivity contribution in [2.45, 2.75) is 31.3 Å². The molecule has 0 fully saturated rings. The van der Waals surface area contributed by atoms with Crippen LogP contribution in [0.4, 0.5) is 4.39 Å². The van der Waals surface area contributed by atoms with Crippen LogP contribution in [-0.4, -0.2) is 29.9 Å². The summed E-state index contributed by atoms with van der Waals surface area (Å²) in [6.07, 6.45) is 0.777. The zero-order valence-corrected chi connectivity index (χ0v) is 19.2. The average molecular weight is 487 g/mol. The van der Waals surface area contributed by atoms with E-state index in [1.54, 1.807) is 18.2 Å². The molecule has 1 N–H and O–H groups in total. The molecular formula is C27H22FN3O5. The van der Waals surface area contributed by atoms with Gasteiger partial charge in [0.25, 0.3) is 0 Å². The molecule has 3 aliphatic rings. The zero-order chi connectivity index (χ0) is 24.6. The van der Waals surface area contributed by atoms with Crippen LogP contribution in [0.25, 0.3) is 0 Å².